The minimum absolute atomic E-state index is 0.428. The summed E-state index contributed by atoms with van der Waals surface area (Å²) in [5.74, 6) is 1.55. The van der Waals surface area contributed by atoms with Gasteiger partial charge in [-0.05, 0) is 51.3 Å². The third-order valence-electron chi connectivity index (χ3n) is 4.18. The van der Waals surface area contributed by atoms with E-state index >= 15 is 0 Å². The Hall–Kier alpha value is -1.42. The van der Waals surface area contributed by atoms with Gasteiger partial charge in [-0.15, -0.1) is 0 Å². The molecule has 4 heteroatoms. The van der Waals surface area contributed by atoms with Gasteiger partial charge in [0.15, 0.2) is 11.5 Å². The number of methoxy groups -OCH3 is 2. The van der Waals surface area contributed by atoms with Gasteiger partial charge < -0.3 is 20.1 Å². The number of rotatable bonds is 6. The van der Waals surface area contributed by atoms with Gasteiger partial charge in [-0.2, -0.15) is 0 Å². The van der Waals surface area contributed by atoms with Crippen molar-refractivity contribution in [3.63, 3.8) is 0 Å². The Bertz CT molecular complexity index is 456. The van der Waals surface area contributed by atoms with Gasteiger partial charge in [0, 0.05) is 23.8 Å². The Morgan fingerprint density at radius 2 is 1.95 bits per heavy atom. The first kappa shape index (κ1) is 16.0. The Balaban J connectivity index is 2.00. The smallest absolute Gasteiger partial charge is 0.162 e. The normalized spacial score (nSPS) is 19.9. The van der Waals surface area contributed by atoms with Gasteiger partial charge in [-0.1, -0.05) is 6.42 Å². The molecule has 0 aliphatic carbocycles. The summed E-state index contributed by atoms with van der Waals surface area (Å²) in [5.41, 5.74) is 2.30. The number of anilines is 1. The van der Waals surface area contributed by atoms with Crippen LogP contribution < -0.4 is 20.1 Å². The van der Waals surface area contributed by atoms with Gasteiger partial charge in [0.1, 0.15) is 0 Å². The fraction of sp³-hybridized carbons (Fsp3) is 0.647. The lowest BCUT2D eigenvalue weighted by Crippen LogP contribution is -2.37. The van der Waals surface area contributed by atoms with Crippen molar-refractivity contribution in [1.29, 1.82) is 0 Å². The molecule has 1 aliphatic heterocycles. The summed E-state index contributed by atoms with van der Waals surface area (Å²) in [4.78, 5) is 0. The molecule has 1 aromatic carbocycles. The van der Waals surface area contributed by atoms with Crippen molar-refractivity contribution >= 4 is 5.69 Å². The molecule has 2 rings (SSSR count). The van der Waals surface area contributed by atoms with Crippen molar-refractivity contribution in [2.45, 2.75) is 51.6 Å². The minimum atomic E-state index is 0.428. The van der Waals surface area contributed by atoms with Gasteiger partial charge in [0.2, 0.25) is 0 Å². The molecule has 4 nitrogen and oxygen atoms in total. The zero-order chi connectivity index (χ0) is 15.2. The first-order valence-corrected chi connectivity index (χ1v) is 7.86. The highest BCUT2D eigenvalue weighted by molar-refractivity contribution is 5.60. The van der Waals surface area contributed by atoms with E-state index in [0.29, 0.717) is 12.1 Å². The van der Waals surface area contributed by atoms with Gasteiger partial charge >= 0.3 is 0 Å². The molecule has 0 aromatic heterocycles. The van der Waals surface area contributed by atoms with Crippen LogP contribution in [-0.4, -0.2) is 32.8 Å². The molecule has 1 aromatic rings. The maximum absolute atomic E-state index is 5.39. The van der Waals surface area contributed by atoms with Gasteiger partial charge in [-0.25, -0.2) is 0 Å². The van der Waals surface area contributed by atoms with E-state index < -0.39 is 0 Å². The van der Waals surface area contributed by atoms with Gasteiger partial charge in [0.25, 0.3) is 0 Å². The second-order valence-electron chi connectivity index (χ2n) is 5.95. The first-order valence-electron chi connectivity index (χ1n) is 7.86. The molecule has 0 bridgehead atoms. The zero-order valence-electron chi connectivity index (χ0n) is 13.7. The Labute approximate surface area is 128 Å². The van der Waals surface area contributed by atoms with Crippen LogP contribution in [0.4, 0.5) is 5.69 Å². The van der Waals surface area contributed by atoms with Crippen LogP contribution in [0.1, 0.15) is 38.2 Å². The molecule has 0 saturated carbocycles. The Morgan fingerprint density at radius 1 is 1.24 bits per heavy atom. The second kappa shape index (κ2) is 7.55. The van der Waals surface area contributed by atoms with Crippen molar-refractivity contribution in [3.8, 4) is 11.5 Å². The SMILES string of the molecule is COc1cc(C)c(NC(C)CC2CCCCN2)cc1OC. The van der Waals surface area contributed by atoms with E-state index in [2.05, 4.69) is 24.5 Å². The van der Waals surface area contributed by atoms with Crippen molar-refractivity contribution in [1.82, 2.24) is 5.32 Å². The number of ether oxygens (including phenoxy) is 2. The molecule has 1 saturated heterocycles. The topological polar surface area (TPSA) is 42.5 Å². The molecular formula is C17H28N2O2. The number of hydrogen-bond donors (Lipinski definition) is 2. The highest BCUT2D eigenvalue weighted by atomic mass is 16.5. The third-order valence-corrected chi connectivity index (χ3v) is 4.18. The lowest BCUT2D eigenvalue weighted by Gasteiger charge is -2.27. The van der Waals surface area contributed by atoms with E-state index in [1.165, 1.54) is 24.8 Å². The molecular weight excluding hydrogens is 264 g/mol. The summed E-state index contributed by atoms with van der Waals surface area (Å²) >= 11 is 0. The average Bonchev–Trinajstić information content (AvgIpc) is 2.49. The number of piperidine rings is 1. The van der Waals surface area contributed by atoms with Crippen LogP contribution in [0.5, 0.6) is 11.5 Å². The van der Waals surface area contributed by atoms with Crippen molar-refractivity contribution in [2.75, 3.05) is 26.1 Å². The first-order chi connectivity index (χ1) is 10.1. The molecule has 0 radical (unpaired) electrons. The zero-order valence-corrected chi connectivity index (χ0v) is 13.7. The Kier molecular flexibility index (Phi) is 5.74. The van der Waals surface area contributed by atoms with Crippen molar-refractivity contribution in [2.24, 2.45) is 0 Å². The van der Waals surface area contributed by atoms with Gasteiger partial charge in [0.05, 0.1) is 14.2 Å². The summed E-state index contributed by atoms with van der Waals surface area (Å²) in [6.45, 7) is 5.50. The predicted molar refractivity (Wildman–Crippen MR) is 87.6 cm³/mol. The van der Waals surface area contributed by atoms with Crippen LogP contribution in [0.3, 0.4) is 0 Å². The number of benzene rings is 1. The fourth-order valence-electron chi connectivity index (χ4n) is 3.01. The summed E-state index contributed by atoms with van der Waals surface area (Å²) in [6, 6.07) is 5.12. The van der Waals surface area contributed by atoms with E-state index in [-0.39, 0.29) is 0 Å². The summed E-state index contributed by atoms with van der Waals surface area (Å²) in [7, 11) is 3.34. The third kappa shape index (κ3) is 4.27. The lowest BCUT2D eigenvalue weighted by atomic mass is 9.98. The average molecular weight is 292 g/mol. The van der Waals surface area contributed by atoms with E-state index in [9.17, 15) is 0 Å². The quantitative estimate of drug-likeness (QED) is 0.844. The highest BCUT2D eigenvalue weighted by Gasteiger charge is 2.17. The molecule has 2 unspecified atom stereocenters. The van der Waals surface area contributed by atoms with Crippen LogP contribution in [-0.2, 0) is 0 Å². The van der Waals surface area contributed by atoms with E-state index in [1.54, 1.807) is 14.2 Å². The molecule has 2 N–H and O–H groups in total. The van der Waals surface area contributed by atoms with Crippen LogP contribution in [0, 0.1) is 6.92 Å². The van der Waals surface area contributed by atoms with Crippen LogP contribution >= 0.6 is 0 Å². The molecule has 118 valence electrons. The molecule has 1 fully saturated rings. The molecule has 2 atom stereocenters. The highest BCUT2D eigenvalue weighted by Crippen LogP contribution is 2.33. The van der Waals surface area contributed by atoms with E-state index in [0.717, 1.165) is 30.2 Å². The largest absolute Gasteiger partial charge is 0.493 e. The lowest BCUT2D eigenvalue weighted by molar-refractivity contribution is 0.354. The maximum Gasteiger partial charge on any atom is 0.162 e. The molecule has 0 amide bonds. The molecule has 21 heavy (non-hydrogen) atoms. The number of aryl methyl sites for hydroxylation is 1. The van der Waals surface area contributed by atoms with E-state index in [1.807, 2.05) is 12.1 Å². The summed E-state index contributed by atoms with van der Waals surface area (Å²) in [6.07, 6.45) is 5.09. The van der Waals surface area contributed by atoms with E-state index in [4.69, 9.17) is 9.47 Å². The second-order valence-corrected chi connectivity index (χ2v) is 5.95. The molecule has 1 heterocycles. The van der Waals surface area contributed by atoms with Crippen LogP contribution in [0.2, 0.25) is 0 Å². The summed E-state index contributed by atoms with van der Waals surface area (Å²) in [5, 5.41) is 7.21. The van der Waals surface area contributed by atoms with Crippen molar-refractivity contribution < 1.29 is 9.47 Å². The minimum Gasteiger partial charge on any atom is -0.493 e. The number of hydrogen-bond acceptors (Lipinski definition) is 4. The maximum atomic E-state index is 5.39. The predicted octanol–water partition coefficient (Wildman–Crippen LogP) is 3.34. The van der Waals surface area contributed by atoms with Gasteiger partial charge in [-0.3, -0.25) is 0 Å². The molecule has 1 aliphatic rings. The number of nitrogens with one attached hydrogen (secondary N) is 2. The monoisotopic (exact) mass is 292 g/mol. The van der Waals surface area contributed by atoms with Crippen LogP contribution in [0.15, 0.2) is 12.1 Å². The fourth-order valence-corrected chi connectivity index (χ4v) is 3.01. The molecule has 0 spiro atoms. The van der Waals surface area contributed by atoms with Crippen molar-refractivity contribution in [3.05, 3.63) is 17.7 Å². The van der Waals surface area contributed by atoms with Crippen LogP contribution in [0.25, 0.3) is 0 Å². The standard InChI is InChI=1S/C17H28N2O2/c1-12-9-16(20-3)17(21-4)11-15(12)19-13(2)10-14-7-5-6-8-18-14/h9,11,13-14,18-19H,5-8,10H2,1-4H3. The Morgan fingerprint density at radius 3 is 2.57 bits per heavy atom. The summed E-state index contributed by atoms with van der Waals surface area (Å²) < 4.78 is 10.7.